The normalized spacial score (nSPS) is 10.3. The van der Waals surface area contributed by atoms with E-state index in [4.69, 9.17) is 0 Å². The Morgan fingerprint density at radius 1 is 0.870 bits per heavy atom. The van der Waals surface area contributed by atoms with Crippen molar-refractivity contribution < 1.29 is 14.7 Å². The molecule has 3 rings (SSSR count). The monoisotopic (exact) mass is 307 g/mol. The Balaban J connectivity index is 1.76. The first-order chi connectivity index (χ1) is 11.1. The van der Waals surface area contributed by atoms with E-state index in [0.29, 0.717) is 0 Å². The fraction of sp³-hybridized carbons (Fsp3) is 0. The third-order valence-electron chi connectivity index (χ3n) is 3.30. The second kappa shape index (κ2) is 6.15. The van der Waals surface area contributed by atoms with Crippen molar-refractivity contribution >= 4 is 22.6 Å². The molecular weight excluding hydrogens is 294 g/mol. The maximum Gasteiger partial charge on any atom is 0.288 e. The van der Waals surface area contributed by atoms with Crippen LogP contribution in [0.2, 0.25) is 0 Å². The van der Waals surface area contributed by atoms with Crippen molar-refractivity contribution in [2.75, 3.05) is 0 Å². The maximum absolute atomic E-state index is 12.1. The molecule has 0 aliphatic heterocycles. The number of fused-ring (bicyclic) bond motifs is 1. The quantitative estimate of drug-likeness (QED) is 0.632. The molecule has 0 unspecified atom stereocenters. The van der Waals surface area contributed by atoms with Crippen molar-refractivity contribution in [2.45, 2.75) is 0 Å². The van der Waals surface area contributed by atoms with Gasteiger partial charge in [-0.2, -0.15) is 0 Å². The number of carbonyl (C=O) groups is 2. The summed E-state index contributed by atoms with van der Waals surface area (Å²) in [6, 6.07) is 15.3. The van der Waals surface area contributed by atoms with E-state index in [2.05, 4.69) is 15.8 Å². The number of nitrogens with zero attached hydrogens (tertiary/aromatic N) is 1. The third-order valence-corrected chi connectivity index (χ3v) is 3.30. The summed E-state index contributed by atoms with van der Waals surface area (Å²) in [5.41, 5.74) is 4.78. The molecule has 0 radical (unpaired) electrons. The van der Waals surface area contributed by atoms with Crippen LogP contribution in [0.3, 0.4) is 0 Å². The first kappa shape index (κ1) is 14.5. The molecule has 1 heterocycles. The SMILES string of the molecule is O=C(NNC(=O)c1cc2ccccc2cc1O)c1ccccn1. The molecule has 0 aliphatic carbocycles. The molecule has 0 aliphatic rings. The van der Waals surface area contributed by atoms with Crippen LogP contribution in [-0.4, -0.2) is 21.9 Å². The fourth-order valence-corrected chi connectivity index (χ4v) is 2.15. The van der Waals surface area contributed by atoms with E-state index >= 15 is 0 Å². The van der Waals surface area contributed by atoms with Crippen molar-refractivity contribution in [1.29, 1.82) is 0 Å². The number of phenolic OH excluding ortho intramolecular Hbond substituents is 1. The van der Waals surface area contributed by atoms with E-state index in [0.717, 1.165) is 10.8 Å². The van der Waals surface area contributed by atoms with Gasteiger partial charge in [0.15, 0.2) is 0 Å². The zero-order valence-corrected chi connectivity index (χ0v) is 12.0. The second-order valence-electron chi connectivity index (χ2n) is 4.84. The van der Waals surface area contributed by atoms with Gasteiger partial charge in [0.25, 0.3) is 11.8 Å². The topological polar surface area (TPSA) is 91.3 Å². The lowest BCUT2D eigenvalue weighted by Crippen LogP contribution is -2.41. The van der Waals surface area contributed by atoms with E-state index < -0.39 is 11.8 Å². The number of rotatable bonds is 2. The van der Waals surface area contributed by atoms with Crippen LogP contribution in [0.25, 0.3) is 10.8 Å². The molecule has 0 saturated carbocycles. The average Bonchev–Trinajstić information content (AvgIpc) is 2.59. The van der Waals surface area contributed by atoms with E-state index in [1.807, 2.05) is 24.3 Å². The number of aromatic hydroxyl groups is 1. The van der Waals surface area contributed by atoms with Crippen LogP contribution >= 0.6 is 0 Å². The van der Waals surface area contributed by atoms with Gasteiger partial charge >= 0.3 is 0 Å². The highest BCUT2D eigenvalue weighted by atomic mass is 16.3. The maximum atomic E-state index is 12.1. The van der Waals surface area contributed by atoms with Crippen LogP contribution in [0, 0.1) is 0 Å². The van der Waals surface area contributed by atoms with Gasteiger partial charge in [-0.25, -0.2) is 0 Å². The van der Waals surface area contributed by atoms with Gasteiger partial charge in [0.05, 0.1) is 5.56 Å². The van der Waals surface area contributed by atoms with Crippen LogP contribution in [0.15, 0.2) is 60.8 Å². The van der Waals surface area contributed by atoms with Gasteiger partial charge < -0.3 is 5.11 Å². The minimum atomic E-state index is -0.613. The number of hydrogen-bond donors (Lipinski definition) is 3. The lowest BCUT2D eigenvalue weighted by atomic mass is 10.1. The molecule has 2 aromatic carbocycles. The predicted molar refractivity (Wildman–Crippen MR) is 84.8 cm³/mol. The number of carbonyl (C=O) groups excluding carboxylic acids is 2. The van der Waals surface area contributed by atoms with Crippen LogP contribution < -0.4 is 10.9 Å². The number of pyridine rings is 1. The lowest BCUT2D eigenvalue weighted by Gasteiger charge is -2.09. The molecule has 0 bridgehead atoms. The van der Waals surface area contributed by atoms with E-state index in [-0.39, 0.29) is 17.0 Å². The molecule has 23 heavy (non-hydrogen) atoms. The molecule has 0 fully saturated rings. The summed E-state index contributed by atoms with van der Waals surface area (Å²) >= 11 is 0. The van der Waals surface area contributed by atoms with Gasteiger partial charge in [-0.1, -0.05) is 30.3 Å². The lowest BCUT2D eigenvalue weighted by molar-refractivity contribution is 0.0842. The Kier molecular flexibility index (Phi) is 3.88. The minimum Gasteiger partial charge on any atom is -0.507 e. The van der Waals surface area contributed by atoms with Crippen LogP contribution in [-0.2, 0) is 0 Å². The van der Waals surface area contributed by atoms with Gasteiger partial charge in [0, 0.05) is 6.20 Å². The summed E-state index contributed by atoms with van der Waals surface area (Å²) in [7, 11) is 0. The Hall–Kier alpha value is -3.41. The largest absolute Gasteiger partial charge is 0.507 e. The number of hydrogen-bond acceptors (Lipinski definition) is 4. The highest BCUT2D eigenvalue weighted by Gasteiger charge is 2.14. The Labute approximate surface area is 131 Å². The zero-order chi connectivity index (χ0) is 16.2. The van der Waals surface area contributed by atoms with Crippen LogP contribution in [0.4, 0.5) is 0 Å². The minimum absolute atomic E-state index is 0.0741. The van der Waals surface area contributed by atoms with Crippen molar-refractivity contribution in [3.63, 3.8) is 0 Å². The molecule has 0 saturated heterocycles. The number of benzene rings is 2. The Bertz CT molecular complexity index is 879. The standard InChI is InChI=1S/C17H13N3O3/c21-15-10-12-6-2-1-5-11(12)9-13(15)16(22)19-20-17(23)14-7-3-4-8-18-14/h1-10,21H,(H,19,22)(H,20,23). The molecule has 0 spiro atoms. The molecule has 0 atom stereocenters. The van der Waals surface area contributed by atoms with Crippen molar-refractivity contribution in [3.8, 4) is 5.75 Å². The van der Waals surface area contributed by atoms with Crippen molar-refractivity contribution in [2.24, 2.45) is 0 Å². The number of phenols is 1. The highest BCUT2D eigenvalue weighted by Crippen LogP contribution is 2.24. The summed E-state index contributed by atoms with van der Waals surface area (Å²) < 4.78 is 0. The fourth-order valence-electron chi connectivity index (χ4n) is 2.15. The molecule has 114 valence electrons. The average molecular weight is 307 g/mol. The molecule has 2 amide bonds. The molecular formula is C17H13N3O3. The van der Waals surface area contributed by atoms with Gasteiger partial charge in [-0.05, 0) is 35.0 Å². The summed E-state index contributed by atoms with van der Waals surface area (Å²) in [6.45, 7) is 0. The molecule has 3 aromatic rings. The van der Waals surface area contributed by atoms with Crippen LogP contribution in [0.5, 0.6) is 5.75 Å². The predicted octanol–water partition coefficient (Wildman–Crippen LogP) is 2.02. The highest BCUT2D eigenvalue weighted by molar-refractivity contribution is 6.03. The third kappa shape index (κ3) is 3.11. The zero-order valence-electron chi connectivity index (χ0n) is 12.0. The first-order valence-corrected chi connectivity index (χ1v) is 6.88. The van der Waals surface area contributed by atoms with Gasteiger partial charge in [0.1, 0.15) is 11.4 Å². The summed E-state index contributed by atoms with van der Waals surface area (Å²) in [5.74, 6) is -1.31. The van der Waals surface area contributed by atoms with Gasteiger partial charge in [-0.15, -0.1) is 0 Å². The Morgan fingerprint density at radius 2 is 1.52 bits per heavy atom. The summed E-state index contributed by atoms with van der Waals surface area (Å²) in [5, 5.41) is 11.6. The van der Waals surface area contributed by atoms with E-state index in [1.165, 1.54) is 18.3 Å². The second-order valence-corrected chi connectivity index (χ2v) is 4.84. The van der Waals surface area contributed by atoms with Crippen molar-refractivity contribution in [1.82, 2.24) is 15.8 Å². The summed E-state index contributed by atoms with van der Waals surface area (Å²) in [6.07, 6.45) is 1.48. The molecule has 3 N–H and O–H groups in total. The van der Waals surface area contributed by atoms with E-state index in [1.54, 1.807) is 18.2 Å². The summed E-state index contributed by atoms with van der Waals surface area (Å²) in [4.78, 5) is 27.8. The molecule has 1 aromatic heterocycles. The van der Waals surface area contributed by atoms with Crippen molar-refractivity contribution in [3.05, 3.63) is 72.1 Å². The number of amides is 2. The van der Waals surface area contributed by atoms with Gasteiger partial charge in [-0.3, -0.25) is 25.4 Å². The smallest absolute Gasteiger partial charge is 0.288 e. The number of nitrogens with one attached hydrogen (secondary N) is 2. The molecule has 6 heteroatoms. The Morgan fingerprint density at radius 3 is 2.22 bits per heavy atom. The number of aromatic nitrogens is 1. The van der Waals surface area contributed by atoms with Gasteiger partial charge in [0.2, 0.25) is 0 Å². The molecule has 6 nitrogen and oxygen atoms in total. The van der Waals surface area contributed by atoms with Crippen LogP contribution in [0.1, 0.15) is 20.8 Å². The number of hydrazine groups is 1. The first-order valence-electron chi connectivity index (χ1n) is 6.88. The van der Waals surface area contributed by atoms with E-state index in [9.17, 15) is 14.7 Å².